The van der Waals surface area contributed by atoms with Crippen molar-refractivity contribution in [3.63, 3.8) is 0 Å². The van der Waals surface area contributed by atoms with Gasteiger partial charge in [0.25, 0.3) is 5.91 Å². The second-order valence-electron chi connectivity index (χ2n) is 11.4. The summed E-state index contributed by atoms with van der Waals surface area (Å²) in [5, 5.41) is 6.44. The van der Waals surface area contributed by atoms with Crippen molar-refractivity contribution in [2.75, 3.05) is 32.8 Å². The summed E-state index contributed by atoms with van der Waals surface area (Å²) in [6.07, 6.45) is 11.4. The number of hydrogen-bond donors (Lipinski definition) is 2. The third-order valence-corrected chi connectivity index (χ3v) is 8.57. The standard InChI is InChI=1S/C29H45N3O3/c1-22(2)25-21-35-26-13-7-6-12-24(26)27(33)30-17-9-8-14-29(28(34)31-25)15-18-32(19-16-29)20-23-10-4-3-5-11-23/h6-7,12-13,22-23,25H,3-5,8-11,14-21H2,1-2H3,(H,30,33)(H,31,34)/t25-/m1/s1. The zero-order valence-corrected chi connectivity index (χ0v) is 21.8. The fraction of sp³-hybridized carbons (Fsp3) is 0.724. The Kier molecular flexibility index (Phi) is 9.10. The first-order valence-electron chi connectivity index (χ1n) is 14.0. The van der Waals surface area contributed by atoms with Gasteiger partial charge < -0.3 is 20.3 Å². The van der Waals surface area contributed by atoms with Crippen molar-refractivity contribution in [2.24, 2.45) is 17.3 Å². The van der Waals surface area contributed by atoms with E-state index in [4.69, 9.17) is 4.74 Å². The molecule has 3 aliphatic rings. The lowest BCUT2D eigenvalue weighted by molar-refractivity contribution is -0.136. The van der Waals surface area contributed by atoms with Crippen LogP contribution in [-0.4, -0.2) is 55.5 Å². The summed E-state index contributed by atoms with van der Waals surface area (Å²) in [6.45, 7) is 8.44. The van der Waals surface area contributed by atoms with E-state index in [-0.39, 0.29) is 29.2 Å². The maximum Gasteiger partial charge on any atom is 0.255 e. The monoisotopic (exact) mass is 483 g/mol. The summed E-state index contributed by atoms with van der Waals surface area (Å²) >= 11 is 0. The Balaban J connectivity index is 1.45. The van der Waals surface area contributed by atoms with Crippen molar-refractivity contribution in [2.45, 2.75) is 84.1 Å². The lowest BCUT2D eigenvalue weighted by atomic mass is 9.73. The van der Waals surface area contributed by atoms with Crippen LogP contribution in [-0.2, 0) is 4.79 Å². The number of ether oxygens (including phenoxy) is 1. The summed E-state index contributed by atoms with van der Waals surface area (Å²) in [4.78, 5) is 29.2. The molecule has 1 spiro atoms. The molecular weight excluding hydrogens is 438 g/mol. The summed E-state index contributed by atoms with van der Waals surface area (Å²) in [5.74, 6) is 1.76. The third kappa shape index (κ3) is 6.78. The first-order valence-corrected chi connectivity index (χ1v) is 14.0. The molecule has 2 amide bonds. The molecule has 1 atom stereocenters. The number of benzene rings is 1. The minimum Gasteiger partial charge on any atom is -0.491 e. The molecule has 2 N–H and O–H groups in total. The van der Waals surface area contributed by atoms with E-state index in [1.807, 2.05) is 18.2 Å². The number of rotatable bonds is 3. The van der Waals surface area contributed by atoms with E-state index in [1.165, 1.54) is 38.6 Å². The predicted octanol–water partition coefficient (Wildman–Crippen LogP) is 4.78. The number of fused-ring (bicyclic) bond motifs is 1. The highest BCUT2D eigenvalue weighted by Gasteiger charge is 2.42. The molecular formula is C29H45N3O3. The van der Waals surface area contributed by atoms with Crippen LogP contribution < -0.4 is 15.4 Å². The van der Waals surface area contributed by atoms with Gasteiger partial charge in [-0.3, -0.25) is 9.59 Å². The van der Waals surface area contributed by atoms with Crippen LogP contribution in [0.25, 0.3) is 0 Å². The van der Waals surface area contributed by atoms with Crippen molar-refractivity contribution in [3.05, 3.63) is 29.8 Å². The molecule has 1 aliphatic carbocycles. The lowest BCUT2D eigenvalue weighted by Crippen LogP contribution is -2.54. The van der Waals surface area contributed by atoms with Crippen LogP contribution in [0.5, 0.6) is 5.75 Å². The van der Waals surface area contributed by atoms with E-state index in [0.717, 1.165) is 51.1 Å². The SMILES string of the molecule is CC(C)[C@H]1COc2ccccc2C(=O)NCCCCC2(CCN(CC3CCCCC3)CC2)C(=O)N1. The number of likely N-dealkylation sites (tertiary alicyclic amines) is 1. The Morgan fingerprint density at radius 1 is 1.00 bits per heavy atom. The smallest absolute Gasteiger partial charge is 0.255 e. The Morgan fingerprint density at radius 3 is 2.49 bits per heavy atom. The van der Waals surface area contributed by atoms with E-state index in [2.05, 4.69) is 29.4 Å². The van der Waals surface area contributed by atoms with Gasteiger partial charge in [-0.05, 0) is 75.6 Å². The maximum absolute atomic E-state index is 13.8. The summed E-state index contributed by atoms with van der Waals surface area (Å²) in [7, 11) is 0. The van der Waals surface area contributed by atoms with Crippen LogP contribution in [0.1, 0.15) is 88.4 Å². The Hall–Kier alpha value is -2.08. The topological polar surface area (TPSA) is 70.7 Å². The van der Waals surface area contributed by atoms with Crippen molar-refractivity contribution in [3.8, 4) is 5.75 Å². The van der Waals surface area contributed by atoms with Gasteiger partial charge >= 0.3 is 0 Å². The zero-order valence-electron chi connectivity index (χ0n) is 21.8. The molecule has 0 bridgehead atoms. The number of nitrogens with zero attached hydrogens (tertiary/aromatic N) is 1. The summed E-state index contributed by atoms with van der Waals surface area (Å²) in [6, 6.07) is 7.28. The highest BCUT2D eigenvalue weighted by atomic mass is 16.5. The van der Waals surface area contributed by atoms with Gasteiger partial charge in [0.05, 0.1) is 17.0 Å². The molecule has 194 valence electrons. The Morgan fingerprint density at radius 2 is 1.74 bits per heavy atom. The van der Waals surface area contributed by atoms with Gasteiger partial charge in [0, 0.05) is 13.1 Å². The highest BCUT2D eigenvalue weighted by Crippen LogP contribution is 2.38. The molecule has 35 heavy (non-hydrogen) atoms. The second-order valence-corrected chi connectivity index (χ2v) is 11.4. The van der Waals surface area contributed by atoms with Crippen LogP contribution >= 0.6 is 0 Å². The van der Waals surface area contributed by atoms with Crippen LogP contribution in [0.4, 0.5) is 0 Å². The number of hydrogen-bond acceptors (Lipinski definition) is 4. The van der Waals surface area contributed by atoms with Gasteiger partial charge in [-0.2, -0.15) is 0 Å². The largest absolute Gasteiger partial charge is 0.491 e. The third-order valence-electron chi connectivity index (χ3n) is 8.57. The van der Waals surface area contributed by atoms with E-state index in [0.29, 0.717) is 24.5 Å². The Labute approximate surface area is 211 Å². The van der Waals surface area contributed by atoms with Gasteiger partial charge in [-0.25, -0.2) is 0 Å². The molecule has 4 rings (SSSR count). The molecule has 2 heterocycles. The summed E-state index contributed by atoms with van der Waals surface area (Å²) in [5.41, 5.74) is 0.239. The van der Waals surface area contributed by atoms with Crippen LogP contribution in [0.2, 0.25) is 0 Å². The molecule has 6 heteroatoms. The fourth-order valence-corrected chi connectivity index (χ4v) is 6.06. The van der Waals surface area contributed by atoms with Gasteiger partial charge in [0.1, 0.15) is 12.4 Å². The molecule has 2 aliphatic heterocycles. The maximum atomic E-state index is 13.8. The molecule has 2 fully saturated rings. The quantitative estimate of drug-likeness (QED) is 0.649. The molecule has 0 unspecified atom stereocenters. The second kappa shape index (κ2) is 12.2. The molecule has 1 aromatic rings. The van der Waals surface area contributed by atoms with Gasteiger partial charge in [-0.15, -0.1) is 0 Å². The van der Waals surface area contributed by atoms with Gasteiger partial charge in [-0.1, -0.05) is 51.7 Å². The van der Waals surface area contributed by atoms with E-state index in [9.17, 15) is 9.59 Å². The molecule has 1 saturated heterocycles. The zero-order chi connectivity index (χ0) is 24.7. The van der Waals surface area contributed by atoms with Crippen LogP contribution in [0.3, 0.4) is 0 Å². The van der Waals surface area contributed by atoms with E-state index >= 15 is 0 Å². The number of nitrogens with one attached hydrogen (secondary N) is 2. The van der Waals surface area contributed by atoms with Crippen LogP contribution in [0.15, 0.2) is 24.3 Å². The average molecular weight is 484 g/mol. The molecule has 0 radical (unpaired) electrons. The average Bonchev–Trinajstić information content (AvgIpc) is 2.87. The predicted molar refractivity (Wildman–Crippen MR) is 140 cm³/mol. The van der Waals surface area contributed by atoms with Crippen molar-refractivity contribution >= 4 is 11.8 Å². The number of amides is 2. The van der Waals surface area contributed by atoms with E-state index < -0.39 is 0 Å². The fourth-order valence-electron chi connectivity index (χ4n) is 6.06. The molecule has 0 aromatic heterocycles. The summed E-state index contributed by atoms with van der Waals surface area (Å²) < 4.78 is 6.12. The van der Waals surface area contributed by atoms with Crippen LogP contribution in [0, 0.1) is 17.3 Å². The van der Waals surface area contributed by atoms with E-state index in [1.54, 1.807) is 6.07 Å². The van der Waals surface area contributed by atoms with Gasteiger partial charge in [0.2, 0.25) is 5.91 Å². The number of piperidine rings is 1. The number of carbonyl (C=O) groups excluding carboxylic acids is 2. The normalized spacial score (nSPS) is 25.3. The highest BCUT2D eigenvalue weighted by molar-refractivity contribution is 5.96. The first-order chi connectivity index (χ1) is 17.0. The molecule has 1 saturated carbocycles. The van der Waals surface area contributed by atoms with Crippen molar-refractivity contribution in [1.29, 1.82) is 0 Å². The lowest BCUT2D eigenvalue weighted by Gasteiger charge is -2.43. The van der Waals surface area contributed by atoms with Crippen molar-refractivity contribution in [1.82, 2.24) is 15.5 Å². The minimum absolute atomic E-state index is 0.0893. The molecule has 6 nitrogen and oxygen atoms in total. The van der Waals surface area contributed by atoms with Crippen molar-refractivity contribution < 1.29 is 14.3 Å². The Bertz CT molecular complexity index is 841. The first kappa shape index (κ1) is 26.0. The number of carbonyl (C=O) groups is 2. The minimum atomic E-state index is -0.317. The molecule has 1 aromatic carbocycles. The van der Waals surface area contributed by atoms with Gasteiger partial charge in [0.15, 0.2) is 0 Å². The number of para-hydroxylation sites is 1.